The zero-order valence-corrected chi connectivity index (χ0v) is 9.06. The third-order valence-corrected chi connectivity index (χ3v) is 3.92. The van der Waals surface area contributed by atoms with Gasteiger partial charge in [-0.1, -0.05) is 6.92 Å². The number of carbonyl (C=O) groups excluding carboxylic acids is 1. The molecule has 2 aliphatic rings. The molecule has 5 heteroatoms. The topological polar surface area (TPSA) is 41.1 Å². The van der Waals surface area contributed by atoms with Crippen LogP contribution >= 0.6 is 23.5 Å². The van der Waals surface area contributed by atoms with Crippen LogP contribution in [0.2, 0.25) is 0 Å². The highest BCUT2D eigenvalue weighted by Gasteiger charge is 2.29. The maximum atomic E-state index is 11.5. The van der Waals surface area contributed by atoms with Gasteiger partial charge in [-0.15, -0.1) is 11.8 Å². The predicted octanol–water partition coefficient (Wildman–Crippen LogP) is 0.743. The van der Waals surface area contributed by atoms with Gasteiger partial charge in [0, 0.05) is 22.8 Å². The van der Waals surface area contributed by atoms with Crippen molar-refractivity contribution in [2.24, 2.45) is 0 Å². The summed E-state index contributed by atoms with van der Waals surface area (Å²) in [5, 5.41) is 6.27. The number of amides is 1. The first-order valence-corrected chi connectivity index (χ1v) is 6.50. The highest BCUT2D eigenvalue weighted by atomic mass is 32.2. The van der Waals surface area contributed by atoms with Gasteiger partial charge in [0.15, 0.2) is 0 Å². The second kappa shape index (κ2) is 3.84. The van der Waals surface area contributed by atoms with Crippen LogP contribution < -0.4 is 10.6 Å². The summed E-state index contributed by atoms with van der Waals surface area (Å²) in [5.41, 5.74) is 2.16. The first-order chi connectivity index (χ1) is 6.31. The molecule has 0 unspecified atom stereocenters. The first kappa shape index (κ1) is 9.27. The van der Waals surface area contributed by atoms with Gasteiger partial charge in [-0.3, -0.25) is 4.79 Å². The smallest absolute Gasteiger partial charge is 0.252 e. The molecule has 0 radical (unpaired) electrons. The van der Waals surface area contributed by atoms with E-state index in [4.69, 9.17) is 0 Å². The molecule has 0 fully saturated rings. The summed E-state index contributed by atoms with van der Waals surface area (Å²) in [6.45, 7) is 2.09. The summed E-state index contributed by atoms with van der Waals surface area (Å²) in [4.78, 5) is 11.5. The van der Waals surface area contributed by atoms with E-state index in [1.54, 1.807) is 23.5 Å². The maximum Gasteiger partial charge on any atom is 0.252 e. The van der Waals surface area contributed by atoms with Crippen molar-refractivity contribution in [1.82, 2.24) is 10.6 Å². The van der Waals surface area contributed by atoms with E-state index >= 15 is 0 Å². The van der Waals surface area contributed by atoms with Crippen molar-refractivity contribution in [2.45, 2.75) is 12.4 Å². The molecule has 3 nitrogen and oxygen atoms in total. The van der Waals surface area contributed by atoms with Crippen LogP contribution in [-0.2, 0) is 4.79 Å². The normalized spacial score (nSPS) is 26.8. The minimum absolute atomic E-state index is 0.0787. The number of thioether (sulfide) groups is 2. The van der Waals surface area contributed by atoms with Gasteiger partial charge in [-0.2, -0.15) is 11.8 Å². The standard InChI is InChI=1S/C8H12N2OS2/c1-2-13-8-9-6-4-12-3-5(6)7(11)10-8/h8-9H,2-4H2,1H3,(H,10,11)/t8-/m0/s1. The fraction of sp³-hybridized carbons (Fsp3) is 0.625. The van der Waals surface area contributed by atoms with Crippen molar-refractivity contribution in [3.8, 4) is 0 Å². The van der Waals surface area contributed by atoms with Gasteiger partial charge in [-0.25, -0.2) is 0 Å². The van der Waals surface area contributed by atoms with E-state index in [1.165, 1.54) is 0 Å². The number of nitrogens with one attached hydrogen (secondary N) is 2. The molecule has 2 aliphatic heterocycles. The lowest BCUT2D eigenvalue weighted by Gasteiger charge is -2.26. The lowest BCUT2D eigenvalue weighted by atomic mass is 10.2. The van der Waals surface area contributed by atoms with Crippen molar-refractivity contribution >= 4 is 29.4 Å². The molecule has 2 rings (SSSR count). The molecule has 2 N–H and O–H groups in total. The highest BCUT2D eigenvalue weighted by Crippen LogP contribution is 2.26. The van der Waals surface area contributed by atoms with E-state index in [0.717, 1.165) is 28.5 Å². The minimum atomic E-state index is 0.0787. The van der Waals surface area contributed by atoms with Crippen molar-refractivity contribution in [3.05, 3.63) is 11.3 Å². The lowest BCUT2D eigenvalue weighted by molar-refractivity contribution is -0.118. The molecule has 1 amide bonds. The fourth-order valence-electron chi connectivity index (χ4n) is 1.41. The van der Waals surface area contributed by atoms with Crippen molar-refractivity contribution in [2.75, 3.05) is 17.3 Å². The zero-order valence-electron chi connectivity index (χ0n) is 7.42. The van der Waals surface area contributed by atoms with E-state index in [0.29, 0.717) is 0 Å². The first-order valence-electron chi connectivity index (χ1n) is 4.30. The fourth-order valence-corrected chi connectivity index (χ4v) is 3.23. The molecular formula is C8H12N2OS2. The van der Waals surface area contributed by atoms with Crippen LogP contribution in [0.4, 0.5) is 0 Å². The molecule has 0 spiro atoms. The number of hydrogen-bond acceptors (Lipinski definition) is 4. The van der Waals surface area contributed by atoms with Gasteiger partial charge in [0.05, 0.1) is 0 Å². The van der Waals surface area contributed by atoms with E-state index in [2.05, 4.69) is 17.6 Å². The van der Waals surface area contributed by atoms with Gasteiger partial charge < -0.3 is 10.6 Å². The largest absolute Gasteiger partial charge is 0.359 e. The summed E-state index contributed by atoms with van der Waals surface area (Å²) in [6, 6.07) is 0. The van der Waals surface area contributed by atoms with Crippen LogP contribution in [0.5, 0.6) is 0 Å². The molecule has 0 bridgehead atoms. The molecule has 72 valence electrons. The van der Waals surface area contributed by atoms with Crippen LogP contribution in [0, 0.1) is 0 Å². The van der Waals surface area contributed by atoms with Crippen LogP contribution in [0.15, 0.2) is 11.3 Å². The van der Waals surface area contributed by atoms with Crippen LogP contribution in [0.1, 0.15) is 6.92 Å². The highest BCUT2D eigenvalue weighted by molar-refractivity contribution is 8.00. The summed E-state index contributed by atoms with van der Waals surface area (Å²) in [5.74, 6) is 2.94. The second-order valence-electron chi connectivity index (χ2n) is 2.90. The predicted molar refractivity (Wildman–Crippen MR) is 57.5 cm³/mol. The quantitative estimate of drug-likeness (QED) is 0.714. The van der Waals surface area contributed by atoms with E-state index in [1.807, 2.05) is 0 Å². The van der Waals surface area contributed by atoms with E-state index in [9.17, 15) is 4.79 Å². The van der Waals surface area contributed by atoms with Crippen molar-refractivity contribution in [1.29, 1.82) is 0 Å². The molecular weight excluding hydrogens is 204 g/mol. The Balaban J connectivity index is 2.09. The van der Waals surface area contributed by atoms with Crippen LogP contribution in [0.3, 0.4) is 0 Å². The third-order valence-electron chi connectivity index (χ3n) is 2.03. The van der Waals surface area contributed by atoms with Crippen LogP contribution in [-0.4, -0.2) is 28.7 Å². The molecule has 0 saturated carbocycles. The van der Waals surface area contributed by atoms with Gasteiger partial charge in [-0.05, 0) is 5.75 Å². The molecule has 0 aliphatic carbocycles. The summed E-state index contributed by atoms with van der Waals surface area (Å²) in [6.07, 6.45) is 0. The van der Waals surface area contributed by atoms with Gasteiger partial charge in [0.1, 0.15) is 5.50 Å². The molecule has 1 atom stereocenters. The Morgan fingerprint density at radius 3 is 3.15 bits per heavy atom. The zero-order chi connectivity index (χ0) is 9.26. The number of carbonyl (C=O) groups is 1. The summed E-state index contributed by atoms with van der Waals surface area (Å²) < 4.78 is 0. The molecule has 2 heterocycles. The van der Waals surface area contributed by atoms with Crippen molar-refractivity contribution < 1.29 is 4.79 Å². The van der Waals surface area contributed by atoms with Gasteiger partial charge >= 0.3 is 0 Å². The molecule has 0 aromatic carbocycles. The van der Waals surface area contributed by atoms with E-state index in [-0.39, 0.29) is 11.4 Å². The Kier molecular flexibility index (Phi) is 2.74. The Bertz CT molecular complexity index is 265. The number of rotatable bonds is 2. The Labute approximate surface area is 86.1 Å². The molecule has 0 saturated heterocycles. The van der Waals surface area contributed by atoms with E-state index < -0.39 is 0 Å². The maximum absolute atomic E-state index is 11.5. The average Bonchev–Trinajstić information content (AvgIpc) is 2.53. The third kappa shape index (κ3) is 1.81. The SMILES string of the molecule is CCS[C@@H]1NC(=O)C2=C(CSC2)N1. The van der Waals surface area contributed by atoms with Gasteiger partial charge in [0.2, 0.25) is 0 Å². The molecule has 0 aromatic rings. The molecule has 13 heavy (non-hydrogen) atoms. The summed E-state index contributed by atoms with van der Waals surface area (Å²) in [7, 11) is 0. The second-order valence-corrected chi connectivity index (χ2v) is 5.27. The monoisotopic (exact) mass is 216 g/mol. The minimum Gasteiger partial charge on any atom is -0.359 e. The van der Waals surface area contributed by atoms with Crippen molar-refractivity contribution in [3.63, 3.8) is 0 Å². The Morgan fingerprint density at radius 1 is 1.54 bits per heavy atom. The lowest BCUT2D eigenvalue weighted by Crippen LogP contribution is -2.48. The van der Waals surface area contributed by atoms with Crippen LogP contribution in [0.25, 0.3) is 0 Å². The molecule has 0 aromatic heterocycles. The van der Waals surface area contributed by atoms with Gasteiger partial charge in [0.25, 0.3) is 5.91 Å². The number of hydrogen-bond donors (Lipinski definition) is 2. The Hall–Kier alpha value is -0.290. The Morgan fingerprint density at radius 2 is 2.38 bits per heavy atom. The summed E-state index contributed by atoms with van der Waals surface area (Å²) >= 11 is 3.52. The average molecular weight is 216 g/mol.